The second kappa shape index (κ2) is 10.7. The maximum Gasteiger partial charge on any atom is 0.234 e. The van der Waals surface area contributed by atoms with Crippen LogP contribution >= 0.6 is 23.4 Å². The molecule has 33 heavy (non-hydrogen) atoms. The van der Waals surface area contributed by atoms with E-state index in [4.69, 9.17) is 16.3 Å². The van der Waals surface area contributed by atoms with Crippen LogP contribution in [0.4, 0.5) is 21.6 Å². The molecule has 10 heteroatoms. The van der Waals surface area contributed by atoms with Gasteiger partial charge in [0.15, 0.2) is 5.82 Å². The van der Waals surface area contributed by atoms with E-state index in [1.165, 1.54) is 30.0 Å². The summed E-state index contributed by atoms with van der Waals surface area (Å²) < 4.78 is 18.5. The van der Waals surface area contributed by atoms with Crippen LogP contribution in [0.3, 0.4) is 0 Å². The number of ether oxygens (including phenoxy) is 1. The number of amides is 1. The zero-order chi connectivity index (χ0) is 23.2. The van der Waals surface area contributed by atoms with Crippen LogP contribution in [0.1, 0.15) is 0 Å². The molecule has 0 bridgehead atoms. The number of nitrogens with zero attached hydrogens (tertiary/aromatic N) is 4. The molecule has 172 valence electrons. The van der Waals surface area contributed by atoms with E-state index in [0.717, 1.165) is 43.4 Å². The Morgan fingerprint density at radius 1 is 1.09 bits per heavy atom. The van der Waals surface area contributed by atoms with Crippen LogP contribution in [0.15, 0.2) is 59.9 Å². The summed E-state index contributed by atoms with van der Waals surface area (Å²) in [5.74, 6) is 0.996. The lowest BCUT2D eigenvalue weighted by Crippen LogP contribution is -2.47. The van der Waals surface area contributed by atoms with Crippen molar-refractivity contribution in [2.24, 2.45) is 0 Å². The van der Waals surface area contributed by atoms with Gasteiger partial charge >= 0.3 is 0 Å². The molecule has 2 aromatic carbocycles. The first-order valence-electron chi connectivity index (χ1n) is 10.4. The molecule has 0 saturated carbocycles. The van der Waals surface area contributed by atoms with Crippen LogP contribution in [0.5, 0.6) is 5.75 Å². The number of benzene rings is 2. The average molecular weight is 488 g/mol. The first-order valence-corrected chi connectivity index (χ1v) is 11.7. The fraction of sp³-hybridized carbons (Fsp3) is 0.261. The summed E-state index contributed by atoms with van der Waals surface area (Å²) in [5, 5.41) is 3.38. The van der Waals surface area contributed by atoms with Crippen LogP contribution in [0.25, 0.3) is 0 Å². The minimum Gasteiger partial charge on any atom is -0.497 e. The van der Waals surface area contributed by atoms with Gasteiger partial charge in [0.1, 0.15) is 16.6 Å². The van der Waals surface area contributed by atoms with Gasteiger partial charge in [-0.1, -0.05) is 23.4 Å². The minimum absolute atomic E-state index is 0.0366. The number of halogens is 2. The Hall–Kier alpha value is -3.04. The molecule has 0 atom stereocenters. The Labute approximate surface area is 200 Å². The number of thioether (sulfide) groups is 1. The molecule has 2 heterocycles. The Morgan fingerprint density at radius 2 is 1.79 bits per heavy atom. The lowest BCUT2D eigenvalue weighted by Gasteiger charge is -2.37. The zero-order valence-electron chi connectivity index (χ0n) is 18.0. The van der Waals surface area contributed by atoms with Crippen LogP contribution in [0.2, 0.25) is 5.02 Å². The Balaban J connectivity index is 1.34. The van der Waals surface area contributed by atoms with Gasteiger partial charge in [-0.3, -0.25) is 4.79 Å². The first-order chi connectivity index (χ1) is 16.0. The van der Waals surface area contributed by atoms with Gasteiger partial charge in [-0.05, 0) is 42.5 Å². The van der Waals surface area contributed by atoms with E-state index in [1.54, 1.807) is 19.5 Å². The van der Waals surface area contributed by atoms with Gasteiger partial charge in [0.05, 0.1) is 17.9 Å². The van der Waals surface area contributed by atoms with Crippen molar-refractivity contribution >= 4 is 46.5 Å². The predicted octanol–water partition coefficient (Wildman–Crippen LogP) is 4.34. The van der Waals surface area contributed by atoms with Gasteiger partial charge in [-0.25, -0.2) is 14.4 Å². The average Bonchev–Trinajstić information content (AvgIpc) is 2.85. The molecule has 1 N–H and O–H groups in total. The standard InChI is InChI=1S/C23H23ClFN5O2S/c1-32-18-5-3-17(4-6-18)29-10-12-30(13-11-29)22-23(27-9-8-26-22)33-15-21(31)28-16-2-7-20(25)19(24)14-16/h2-9,14H,10-13,15H2,1H3,(H,28,31). The molecule has 1 aliphatic rings. The molecule has 0 aliphatic carbocycles. The van der Waals surface area contributed by atoms with Crippen molar-refractivity contribution in [3.63, 3.8) is 0 Å². The fourth-order valence-corrected chi connectivity index (χ4v) is 4.48. The second-order valence-electron chi connectivity index (χ2n) is 7.32. The number of aromatic nitrogens is 2. The van der Waals surface area contributed by atoms with Crippen molar-refractivity contribution in [3.05, 3.63) is 65.7 Å². The third-order valence-electron chi connectivity index (χ3n) is 5.21. The molecule has 0 spiro atoms. The van der Waals surface area contributed by atoms with Crippen molar-refractivity contribution < 1.29 is 13.9 Å². The van der Waals surface area contributed by atoms with Gasteiger partial charge in [0.2, 0.25) is 5.91 Å². The van der Waals surface area contributed by atoms with Crippen molar-refractivity contribution in [2.45, 2.75) is 5.03 Å². The summed E-state index contributed by atoms with van der Waals surface area (Å²) >= 11 is 7.09. The van der Waals surface area contributed by atoms with E-state index >= 15 is 0 Å². The second-order valence-corrected chi connectivity index (χ2v) is 8.69. The molecule has 4 rings (SSSR count). The minimum atomic E-state index is -0.527. The summed E-state index contributed by atoms with van der Waals surface area (Å²) in [6, 6.07) is 12.1. The number of hydrogen-bond donors (Lipinski definition) is 1. The summed E-state index contributed by atoms with van der Waals surface area (Å²) in [4.78, 5) is 25.8. The van der Waals surface area contributed by atoms with Crippen LogP contribution < -0.4 is 19.9 Å². The highest BCUT2D eigenvalue weighted by molar-refractivity contribution is 8.00. The molecule has 1 aliphatic heterocycles. The number of rotatable bonds is 7. The van der Waals surface area contributed by atoms with Gasteiger partial charge in [0, 0.05) is 49.9 Å². The van der Waals surface area contributed by atoms with E-state index in [1.807, 2.05) is 12.1 Å². The van der Waals surface area contributed by atoms with Crippen molar-refractivity contribution in [1.82, 2.24) is 9.97 Å². The van der Waals surface area contributed by atoms with Crippen molar-refractivity contribution in [1.29, 1.82) is 0 Å². The van der Waals surface area contributed by atoms with E-state index in [2.05, 4.69) is 37.2 Å². The normalized spacial score (nSPS) is 13.7. The van der Waals surface area contributed by atoms with Gasteiger partial charge in [-0.15, -0.1) is 0 Å². The molecular weight excluding hydrogens is 465 g/mol. The maximum absolute atomic E-state index is 13.3. The fourth-order valence-electron chi connectivity index (χ4n) is 3.51. The van der Waals surface area contributed by atoms with Gasteiger partial charge in [-0.2, -0.15) is 0 Å². The molecule has 0 unspecified atom stereocenters. The Bertz CT molecular complexity index is 1110. The highest BCUT2D eigenvalue weighted by Gasteiger charge is 2.22. The van der Waals surface area contributed by atoms with Crippen molar-refractivity contribution in [3.8, 4) is 5.75 Å². The van der Waals surface area contributed by atoms with E-state index in [0.29, 0.717) is 10.7 Å². The summed E-state index contributed by atoms with van der Waals surface area (Å²) in [6.45, 7) is 3.27. The molecule has 3 aromatic rings. The third kappa shape index (κ3) is 5.85. The molecule has 1 saturated heterocycles. The number of piperazine rings is 1. The summed E-state index contributed by atoms with van der Waals surface area (Å²) in [5.41, 5.74) is 1.60. The first kappa shape index (κ1) is 23.1. The number of anilines is 3. The largest absolute Gasteiger partial charge is 0.497 e. The van der Waals surface area contributed by atoms with Crippen LogP contribution in [-0.2, 0) is 4.79 Å². The molecule has 1 fully saturated rings. The van der Waals surface area contributed by atoms with Gasteiger partial charge < -0.3 is 19.9 Å². The lowest BCUT2D eigenvalue weighted by atomic mass is 10.2. The van der Waals surface area contributed by atoms with Gasteiger partial charge in [0.25, 0.3) is 0 Å². The SMILES string of the molecule is COc1ccc(N2CCN(c3nccnc3SCC(=O)Nc3ccc(F)c(Cl)c3)CC2)cc1. The molecule has 0 radical (unpaired) electrons. The van der Waals surface area contributed by atoms with Crippen LogP contribution in [-0.4, -0.2) is 54.9 Å². The van der Waals surface area contributed by atoms with Crippen LogP contribution in [0, 0.1) is 5.82 Å². The van der Waals surface area contributed by atoms with E-state index in [-0.39, 0.29) is 16.7 Å². The lowest BCUT2D eigenvalue weighted by molar-refractivity contribution is -0.113. The molecular formula is C23H23ClFN5O2S. The van der Waals surface area contributed by atoms with E-state index in [9.17, 15) is 9.18 Å². The third-order valence-corrected chi connectivity index (χ3v) is 6.46. The highest BCUT2D eigenvalue weighted by atomic mass is 35.5. The number of hydrogen-bond acceptors (Lipinski definition) is 7. The quantitative estimate of drug-likeness (QED) is 0.497. The predicted molar refractivity (Wildman–Crippen MR) is 130 cm³/mol. The number of carbonyl (C=O) groups excluding carboxylic acids is 1. The Morgan fingerprint density at radius 3 is 2.48 bits per heavy atom. The molecule has 1 amide bonds. The maximum atomic E-state index is 13.3. The number of nitrogens with one attached hydrogen (secondary N) is 1. The highest BCUT2D eigenvalue weighted by Crippen LogP contribution is 2.28. The molecule has 1 aromatic heterocycles. The zero-order valence-corrected chi connectivity index (χ0v) is 19.6. The summed E-state index contributed by atoms with van der Waals surface area (Å²) in [7, 11) is 1.66. The number of carbonyl (C=O) groups is 1. The van der Waals surface area contributed by atoms with Crippen molar-refractivity contribution in [2.75, 3.05) is 54.2 Å². The summed E-state index contributed by atoms with van der Waals surface area (Å²) in [6.07, 6.45) is 3.28. The Kier molecular flexibility index (Phi) is 7.51. The molecule has 7 nitrogen and oxygen atoms in total. The number of methoxy groups -OCH3 is 1. The van der Waals surface area contributed by atoms with E-state index < -0.39 is 5.82 Å². The topological polar surface area (TPSA) is 70.6 Å². The smallest absolute Gasteiger partial charge is 0.234 e. The monoisotopic (exact) mass is 487 g/mol.